The van der Waals surface area contributed by atoms with E-state index in [4.69, 9.17) is 9.47 Å². The van der Waals surface area contributed by atoms with Crippen LogP contribution in [0.1, 0.15) is 42.4 Å². The van der Waals surface area contributed by atoms with Crippen LogP contribution < -0.4 is 9.47 Å². The fraction of sp³-hybridized carbons (Fsp3) is 0.483. The van der Waals surface area contributed by atoms with E-state index in [0.717, 1.165) is 43.1 Å². The van der Waals surface area contributed by atoms with E-state index < -0.39 is 0 Å². The maximum absolute atomic E-state index is 13.1. The minimum Gasteiger partial charge on any atom is -0.454 e. The van der Waals surface area contributed by atoms with E-state index in [-0.39, 0.29) is 12.7 Å². The topological polar surface area (TPSA) is 42.0 Å². The van der Waals surface area contributed by atoms with Gasteiger partial charge in [0.25, 0.3) is 0 Å². The molecule has 3 aliphatic heterocycles. The monoisotopic (exact) mass is 490 g/mol. The third kappa shape index (κ3) is 5.05. The molecule has 0 saturated carbocycles. The number of likely N-dealkylation sites (tertiary alicyclic amines) is 1. The van der Waals surface area contributed by atoms with E-state index in [1.54, 1.807) is 0 Å². The second kappa shape index (κ2) is 10.2. The van der Waals surface area contributed by atoms with Gasteiger partial charge in [-0.2, -0.15) is 0 Å². The lowest BCUT2D eigenvalue weighted by Crippen LogP contribution is -2.43. The Morgan fingerprint density at radius 2 is 1.89 bits per heavy atom. The van der Waals surface area contributed by atoms with Gasteiger partial charge in [-0.25, -0.2) is 0 Å². The molecule has 1 aromatic heterocycles. The highest BCUT2D eigenvalue weighted by Gasteiger charge is 2.28. The maximum atomic E-state index is 13.1. The summed E-state index contributed by atoms with van der Waals surface area (Å²) in [5.41, 5.74) is 3.84. The summed E-state index contributed by atoms with van der Waals surface area (Å²) in [6.07, 6.45) is 7.48. The van der Waals surface area contributed by atoms with Gasteiger partial charge in [0, 0.05) is 24.3 Å². The number of carbonyl (C=O) groups is 1. The van der Waals surface area contributed by atoms with Gasteiger partial charge in [0.15, 0.2) is 11.5 Å². The van der Waals surface area contributed by atoms with E-state index in [9.17, 15) is 4.79 Å². The minimum absolute atomic E-state index is 0.253. The van der Waals surface area contributed by atoms with Gasteiger partial charge >= 0.3 is 0 Å². The van der Waals surface area contributed by atoms with Crippen LogP contribution in [0.5, 0.6) is 11.5 Å². The predicted octanol–water partition coefficient (Wildman–Crippen LogP) is 5.29. The lowest BCUT2D eigenvalue weighted by molar-refractivity contribution is -0.131. The first-order valence-electron chi connectivity index (χ1n) is 13.1. The molecule has 4 heterocycles. The molecule has 1 saturated heterocycles. The average molecular weight is 491 g/mol. The molecule has 6 rings (SSSR count). The van der Waals surface area contributed by atoms with Crippen molar-refractivity contribution in [3.63, 3.8) is 0 Å². The Labute approximate surface area is 211 Å². The summed E-state index contributed by atoms with van der Waals surface area (Å²) < 4.78 is 12.5. The summed E-state index contributed by atoms with van der Waals surface area (Å²) in [6, 6.07) is 12.8. The summed E-state index contributed by atoms with van der Waals surface area (Å²) in [5.74, 6) is 2.42. The molecule has 0 N–H and O–H groups in total. The van der Waals surface area contributed by atoms with Crippen LogP contribution in [0.2, 0.25) is 0 Å². The highest BCUT2D eigenvalue weighted by atomic mass is 32.1. The number of thiophene rings is 1. The van der Waals surface area contributed by atoms with Crippen LogP contribution in [-0.2, 0) is 24.1 Å². The van der Waals surface area contributed by atoms with Crippen molar-refractivity contribution in [1.29, 1.82) is 0 Å². The van der Waals surface area contributed by atoms with E-state index in [0.29, 0.717) is 12.3 Å². The zero-order valence-corrected chi connectivity index (χ0v) is 21.2. The normalized spacial score (nSPS) is 20.3. The molecule has 1 unspecified atom stereocenters. The van der Waals surface area contributed by atoms with Crippen molar-refractivity contribution in [3.8, 4) is 11.5 Å². The molecule has 1 amide bonds. The van der Waals surface area contributed by atoms with Gasteiger partial charge in [-0.1, -0.05) is 18.2 Å². The van der Waals surface area contributed by atoms with Crippen LogP contribution in [0.15, 0.2) is 41.8 Å². The van der Waals surface area contributed by atoms with Gasteiger partial charge in [-0.3, -0.25) is 4.79 Å². The van der Waals surface area contributed by atoms with Gasteiger partial charge in [-0.05, 0) is 103 Å². The number of fused-ring (bicyclic) bond motifs is 3. The molecule has 0 bridgehead atoms. The highest BCUT2D eigenvalue weighted by Crippen LogP contribution is 2.36. The summed E-state index contributed by atoms with van der Waals surface area (Å²) in [6.45, 7) is 5.45. The predicted molar refractivity (Wildman–Crippen MR) is 140 cm³/mol. The van der Waals surface area contributed by atoms with Crippen molar-refractivity contribution in [2.24, 2.45) is 5.92 Å². The van der Waals surface area contributed by atoms with Crippen LogP contribution in [0.3, 0.4) is 0 Å². The zero-order valence-electron chi connectivity index (χ0n) is 20.3. The van der Waals surface area contributed by atoms with Crippen LogP contribution >= 0.6 is 11.3 Å². The third-order valence-corrected chi connectivity index (χ3v) is 8.87. The smallest absolute Gasteiger partial charge is 0.231 e. The number of nitrogens with zero attached hydrogens (tertiary/aromatic N) is 2. The van der Waals surface area contributed by atoms with Gasteiger partial charge in [-0.15, -0.1) is 11.3 Å². The molecule has 3 aliphatic rings. The Kier molecular flexibility index (Phi) is 6.66. The van der Waals surface area contributed by atoms with Crippen LogP contribution in [-0.4, -0.2) is 55.2 Å². The maximum Gasteiger partial charge on any atom is 0.231 e. The molecule has 35 heavy (non-hydrogen) atoms. The molecule has 3 aromatic rings. The highest BCUT2D eigenvalue weighted by molar-refractivity contribution is 7.17. The summed E-state index contributed by atoms with van der Waals surface area (Å²) in [4.78, 5) is 17.8. The Morgan fingerprint density at radius 3 is 2.80 bits per heavy atom. The molecule has 1 fully saturated rings. The Balaban J connectivity index is 0.986. The van der Waals surface area contributed by atoms with Crippen molar-refractivity contribution in [3.05, 3.63) is 58.5 Å². The number of aryl methyl sites for hydroxylation is 1. The molecule has 2 aromatic carbocycles. The minimum atomic E-state index is 0.253. The second-order valence-corrected chi connectivity index (χ2v) is 11.2. The van der Waals surface area contributed by atoms with Gasteiger partial charge in [0.1, 0.15) is 0 Å². The largest absolute Gasteiger partial charge is 0.454 e. The Morgan fingerprint density at radius 1 is 1.03 bits per heavy atom. The quantitative estimate of drug-likeness (QED) is 0.422. The van der Waals surface area contributed by atoms with Crippen molar-refractivity contribution >= 4 is 27.3 Å². The first kappa shape index (κ1) is 22.9. The zero-order chi connectivity index (χ0) is 23.6. The average Bonchev–Trinajstić information content (AvgIpc) is 3.47. The summed E-state index contributed by atoms with van der Waals surface area (Å²) >= 11 is 1.86. The lowest BCUT2D eigenvalue weighted by atomic mass is 9.96. The molecule has 5 nitrogen and oxygen atoms in total. The molecular weight excluding hydrogens is 456 g/mol. The summed E-state index contributed by atoms with van der Waals surface area (Å²) in [5, 5.41) is 3.77. The van der Waals surface area contributed by atoms with Crippen molar-refractivity contribution in [2.75, 3.05) is 39.5 Å². The van der Waals surface area contributed by atoms with Gasteiger partial charge in [0.2, 0.25) is 12.7 Å². The number of benzene rings is 2. The van der Waals surface area contributed by atoms with Crippen LogP contribution in [0.25, 0.3) is 10.1 Å². The van der Waals surface area contributed by atoms with Crippen LogP contribution in [0, 0.1) is 5.92 Å². The van der Waals surface area contributed by atoms with Crippen molar-refractivity contribution in [2.45, 2.75) is 44.9 Å². The number of piperidine rings is 1. The number of amides is 1. The van der Waals surface area contributed by atoms with Crippen molar-refractivity contribution < 1.29 is 14.3 Å². The standard InChI is InChI=1S/C29H34N2O3S/c32-29-16-24-15-27-26(33-20-34-27)14-22(24)10-13-31(29)18-21-6-5-12-30(17-21)11-4-3-7-23-19-35-28-9-2-1-8-25(23)28/h1-2,8-9,14-15,19,21H,3-7,10-13,16-18,20H2. The molecule has 0 spiro atoms. The molecule has 0 aliphatic carbocycles. The molecular formula is C29H34N2O3S. The first-order valence-corrected chi connectivity index (χ1v) is 14.0. The molecule has 0 radical (unpaired) electrons. The number of carbonyl (C=O) groups excluding carboxylic acids is 1. The lowest BCUT2D eigenvalue weighted by Gasteiger charge is -2.35. The fourth-order valence-electron chi connectivity index (χ4n) is 5.96. The second-order valence-electron chi connectivity index (χ2n) is 10.3. The van der Waals surface area contributed by atoms with Crippen LogP contribution in [0.4, 0.5) is 0 Å². The number of ether oxygens (including phenoxy) is 2. The van der Waals surface area contributed by atoms with Crippen molar-refractivity contribution in [1.82, 2.24) is 9.80 Å². The third-order valence-electron chi connectivity index (χ3n) is 7.85. The number of hydrogen-bond acceptors (Lipinski definition) is 5. The van der Waals surface area contributed by atoms with E-state index in [1.165, 1.54) is 66.4 Å². The molecule has 184 valence electrons. The van der Waals surface area contributed by atoms with Gasteiger partial charge < -0.3 is 19.3 Å². The van der Waals surface area contributed by atoms with E-state index >= 15 is 0 Å². The molecule has 1 atom stereocenters. The molecule has 6 heteroatoms. The summed E-state index contributed by atoms with van der Waals surface area (Å²) in [7, 11) is 0. The van der Waals surface area contributed by atoms with Gasteiger partial charge in [0.05, 0.1) is 6.42 Å². The fourth-order valence-corrected chi connectivity index (χ4v) is 6.96. The SMILES string of the molecule is O=C1Cc2cc3c(cc2CCN1CC1CCCN(CCCCc2csc4ccccc24)C1)OCO3. The first-order chi connectivity index (χ1) is 17.2. The Hall–Kier alpha value is -2.57. The number of rotatable bonds is 7. The number of hydrogen-bond donors (Lipinski definition) is 0. The Bertz CT molecular complexity index is 1210. The van der Waals surface area contributed by atoms with E-state index in [2.05, 4.69) is 45.5 Å². The number of unbranched alkanes of at least 4 members (excludes halogenated alkanes) is 1. The van der Waals surface area contributed by atoms with E-state index in [1.807, 2.05) is 17.4 Å².